The molecule has 1 fully saturated rings. The van der Waals surface area contributed by atoms with Crippen molar-refractivity contribution >= 4 is 5.82 Å². The second-order valence-corrected chi connectivity index (χ2v) is 3.91. The number of pyridine rings is 1. The van der Waals surface area contributed by atoms with Crippen molar-refractivity contribution in [3.05, 3.63) is 17.8 Å². The van der Waals surface area contributed by atoms with Gasteiger partial charge in [0.25, 0.3) is 0 Å². The lowest BCUT2D eigenvalue weighted by Crippen LogP contribution is -2.07. The Labute approximate surface area is 89.4 Å². The fourth-order valence-electron chi connectivity index (χ4n) is 1.29. The molecule has 0 radical (unpaired) electrons. The van der Waals surface area contributed by atoms with Crippen LogP contribution in [0.2, 0.25) is 0 Å². The molecule has 1 saturated carbocycles. The lowest BCUT2D eigenvalue weighted by Gasteiger charge is -2.08. The molecule has 0 saturated heterocycles. The van der Waals surface area contributed by atoms with E-state index in [0.29, 0.717) is 11.6 Å². The van der Waals surface area contributed by atoms with Crippen LogP contribution >= 0.6 is 0 Å². The smallest absolute Gasteiger partial charge is 0.189 e. The van der Waals surface area contributed by atoms with Crippen molar-refractivity contribution in [3.8, 4) is 5.75 Å². The molecule has 4 nitrogen and oxygen atoms in total. The topological polar surface area (TPSA) is 57.4 Å². The van der Waals surface area contributed by atoms with Crippen LogP contribution < -0.4 is 10.5 Å². The Morgan fingerprint density at radius 3 is 2.93 bits per heavy atom. The van der Waals surface area contributed by atoms with Crippen molar-refractivity contribution in [1.82, 2.24) is 4.98 Å². The van der Waals surface area contributed by atoms with Crippen molar-refractivity contribution in [2.24, 2.45) is 5.92 Å². The van der Waals surface area contributed by atoms with E-state index in [1.807, 2.05) is 19.1 Å². The van der Waals surface area contributed by atoms with Crippen LogP contribution in [0.1, 0.15) is 18.5 Å². The van der Waals surface area contributed by atoms with Gasteiger partial charge in [-0.25, -0.2) is 4.98 Å². The lowest BCUT2D eigenvalue weighted by atomic mass is 10.3. The molecule has 0 aliphatic heterocycles. The predicted molar refractivity (Wildman–Crippen MR) is 57.6 cm³/mol. The van der Waals surface area contributed by atoms with Crippen LogP contribution in [0.15, 0.2) is 12.1 Å². The third kappa shape index (κ3) is 3.09. The molecule has 2 N–H and O–H groups in total. The standard InChI is InChI=1S/C11H16N2O2/c1-8-2-5-10(11(12)13-8)15-7-14-6-9-3-4-9/h2,5,9H,3-4,6-7H2,1H3,(H2,12,13). The van der Waals surface area contributed by atoms with Gasteiger partial charge in [0.2, 0.25) is 0 Å². The Balaban J connectivity index is 1.76. The van der Waals surface area contributed by atoms with E-state index >= 15 is 0 Å². The third-order valence-corrected chi connectivity index (χ3v) is 2.37. The summed E-state index contributed by atoms with van der Waals surface area (Å²) in [6.45, 7) is 2.94. The molecule has 82 valence electrons. The number of nitrogen functional groups attached to an aromatic ring is 1. The van der Waals surface area contributed by atoms with E-state index in [1.54, 1.807) is 0 Å². The van der Waals surface area contributed by atoms with Gasteiger partial charge in [-0.2, -0.15) is 0 Å². The van der Waals surface area contributed by atoms with Gasteiger partial charge in [0, 0.05) is 5.69 Å². The molecular weight excluding hydrogens is 192 g/mol. The van der Waals surface area contributed by atoms with Crippen molar-refractivity contribution in [2.75, 3.05) is 19.1 Å². The normalized spacial score (nSPS) is 15.3. The number of nitrogens with two attached hydrogens (primary N) is 1. The number of hydrogen-bond donors (Lipinski definition) is 1. The summed E-state index contributed by atoms with van der Waals surface area (Å²) in [4.78, 5) is 4.10. The van der Waals surface area contributed by atoms with Gasteiger partial charge >= 0.3 is 0 Å². The van der Waals surface area contributed by atoms with Gasteiger partial charge in [-0.15, -0.1) is 0 Å². The monoisotopic (exact) mass is 208 g/mol. The zero-order valence-corrected chi connectivity index (χ0v) is 8.90. The van der Waals surface area contributed by atoms with Crippen LogP contribution in [0.4, 0.5) is 5.82 Å². The Morgan fingerprint density at radius 2 is 2.27 bits per heavy atom. The first kappa shape index (κ1) is 10.2. The molecule has 1 aliphatic carbocycles. The highest BCUT2D eigenvalue weighted by Gasteiger charge is 2.21. The molecular formula is C11H16N2O2. The summed E-state index contributed by atoms with van der Waals surface area (Å²) in [5.74, 6) is 1.77. The second-order valence-electron chi connectivity index (χ2n) is 3.91. The number of aromatic nitrogens is 1. The maximum atomic E-state index is 5.68. The van der Waals surface area contributed by atoms with E-state index in [-0.39, 0.29) is 6.79 Å². The molecule has 4 heteroatoms. The highest BCUT2D eigenvalue weighted by Crippen LogP contribution is 2.28. The first-order valence-corrected chi connectivity index (χ1v) is 5.19. The fourth-order valence-corrected chi connectivity index (χ4v) is 1.29. The minimum absolute atomic E-state index is 0.255. The SMILES string of the molecule is Cc1ccc(OCOCC2CC2)c(N)n1. The average Bonchev–Trinajstić information content (AvgIpc) is 2.99. The van der Waals surface area contributed by atoms with E-state index in [9.17, 15) is 0 Å². The number of anilines is 1. The van der Waals surface area contributed by atoms with E-state index in [0.717, 1.165) is 18.2 Å². The zero-order chi connectivity index (χ0) is 10.7. The number of hydrogen-bond acceptors (Lipinski definition) is 4. The number of nitrogens with zero attached hydrogens (tertiary/aromatic N) is 1. The molecule has 1 heterocycles. The summed E-state index contributed by atoms with van der Waals surface area (Å²) < 4.78 is 10.7. The minimum Gasteiger partial charge on any atom is -0.464 e. The number of ether oxygens (including phenoxy) is 2. The van der Waals surface area contributed by atoms with Gasteiger partial charge in [0.15, 0.2) is 18.4 Å². The first-order valence-electron chi connectivity index (χ1n) is 5.19. The van der Waals surface area contributed by atoms with Crippen molar-refractivity contribution in [1.29, 1.82) is 0 Å². The number of aryl methyl sites for hydroxylation is 1. The summed E-state index contributed by atoms with van der Waals surface area (Å²) in [6.07, 6.45) is 2.57. The van der Waals surface area contributed by atoms with Gasteiger partial charge in [0.1, 0.15) is 0 Å². The number of rotatable bonds is 5. The Morgan fingerprint density at radius 1 is 1.47 bits per heavy atom. The average molecular weight is 208 g/mol. The van der Waals surface area contributed by atoms with E-state index < -0.39 is 0 Å². The summed E-state index contributed by atoms with van der Waals surface area (Å²) in [5, 5.41) is 0. The molecule has 2 rings (SSSR count). The maximum Gasteiger partial charge on any atom is 0.189 e. The largest absolute Gasteiger partial charge is 0.464 e. The molecule has 0 unspecified atom stereocenters. The van der Waals surface area contributed by atoms with Crippen LogP contribution in [0.5, 0.6) is 5.75 Å². The van der Waals surface area contributed by atoms with Gasteiger partial charge in [0.05, 0.1) is 6.61 Å². The first-order chi connectivity index (χ1) is 7.25. The minimum atomic E-state index is 0.255. The van der Waals surface area contributed by atoms with Gasteiger partial charge in [-0.05, 0) is 37.8 Å². The fraction of sp³-hybridized carbons (Fsp3) is 0.545. The Hall–Kier alpha value is -1.29. The van der Waals surface area contributed by atoms with Crippen LogP contribution in [-0.4, -0.2) is 18.4 Å². The quantitative estimate of drug-likeness (QED) is 0.591. The van der Waals surface area contributed by atoms with Gasteiger partial charge in [-0.1, -0.05) is 0 Å². The highest BCUT2D eigenvalue weighted by molar-refractivity contribution is 5.45. The second kappa shape index (κ2) is 4.49. The predicted octanol–water partition coefficient (Wildman–Crippen LogP) is 1.74. The molecule has 1 aliphatic rings. The Bertz CT molecular complexity index is 337. The maximum absolute atomic E-state index is 5.68. The molecule has 0 spiro atoms. The van der Waals surface area contributed by atoms with Crippen molar-refractivity contribution in [3.63, 3.8) is 0 Å². The zero-order valence-electron chi connectivity index (χ0n) is 8.90. The summed E-state index contributed by atoms with van der Waals surface area (Å²) >= 11 is 0. The molecule has 0 amide bonds. The Kier molecular flexibility index (Phi) is 3.06. The van der Waals surface area contributed by atoms with Crippen LogP contribution in [0.3, 0.4) is 0 Å². The lowest BCUT2D eigenvalue weighted by molar-refractivity contribution is 0.0102. The van der Waals surface area contributed by atoms with Crippen molar-refractivity contribution < 1.29 is 9.47 Å². The summed E-state index contributed by atoms with van der Waals surface area (Å²) in [6, 6.07) is 3.69. The third-order valence-electron chi connectivity index (χ3n) is 2.37. The van der Waals surface area contributed by atoms with Crippen molar-refractivity contribution in [2.45, 2.75) is 19.8 Å². The highest BCUT2D eigenvalue weighted by atomic mass is 16.7. The van der Waals surface area contributed by atoms with E-state index in [4.69, 9.17) is 15.2 Å². The molecule has 0 bridgehead atoms. The van der Waals surface area contributed by atoms with Gasteiger partial charge in [-0.3, -0.25) is 0 Å². The van der Waals surface area contributed by atoms with Gasteiger partial charge < -0.3 is 15.2 Å². The summed E-state index contributed by atoms with van der Waals surface area (Å²) in [7, 11) is 0. The molecule has 1 aromatic heterocycles. The van der Waals surface area contributed by atoms with Crippen LogP contribution in [0, 0.1) is 12.8 Å². The summed E-state index contributed by atoms with van der Waals surface area (Å²) in [5.41, 5.74) is 6.57. The molecule has 1 aromatic rings. The van der Waals surface area contributed by atoms with E-state index in [2.05, 4.69) is 4.98 Å². The van der Waals surface area contributed by atoms with E-state index in [1.165, 1.54) is 12.8 Å². The van der Waals surface area contributed by atoms with Crippen LogP contribution in [0.25, 0.3) is 0 Å². The molecule has 15 heavy (non-hydrogen) atoms. The molecule has 0 aromatic carbocycles. The molecule has 0 atom stereocenters. The van der Waals surface area contributed by atoms with Crippen LogP contribution in [-0.2, 0) is 4.74 Å².